The van der Waals surface area contributed by atoms with Crippen molar-refractivity contribution >= 4 is 38.4 Å². The molecule has 0 radical (unpaired) electrons. The first-order valence-corrected chi connectivity index (χ1v) is 10.8. The Kier molecular flexibility index (Phi) is 5.89. The fourth-order valence-electron chi connectivity index (χ4n) is 2.71. The van der Waals surface area contributed by atoms with Crippen molar-refractivity contribution in [3.8, 4) is 11.5 Å². The molecule has 1 aromatic heterocycles. The van der Waals surface area contributed by atoms with Crippen LogP contribution < -0.4 is 9.46 Å². The first-order chi connectivity index (χ1) is 14.3. The number of carbonyl (C=O) groups excluding carboxylic acids is 1. The maximum atomic E-state index is 14.2. The lowest BCUT2D eigenvalue weighted by atomic mass is 10.2. The van der Waals surface area contributed by atoms with Crippen molar-refractivity contribution in [2.24, 2.45) is 0 Å². The van der Waals surface area contributed by atoms with Gasteiger partial charge in [-0.05, 0) is 31.2 Å². The van der Waals surface area contributed by atoms with Crippen molar-refractivity contribution < 1.29 is 35.5 Å². The van der Waals surface area contributed by atoms with Crippen LogP contribution in [0.25, 0.3) is 10.9 Å². The molecule has 1 atom stereocenters. The van der Waals surface area contributed by atoms with Crippen LogP contribution in [0.1, 0.15) is 18.5 Å². The molecule has 0 bridgehead atoms. The SMILES string of the molecule is CC(C(=O)NS(C)(=O)=O)n1ncc2ccc(Oc3c(F)cc(C(F)(F)F)cc3Cl)cc21. The van der Waals surface area contributed by atoms with Gasteiger partial charge < -0.3 is 4.74 Å². The molecular formula is C18H14ClF4N3O4S. The number of aromatic nitrogens is 2. The summed E-state index contributed by atoms with van der Waals surface area (Å²) in [5.41, 5.74) is -0.932. The van der Waals surface area contributed by atoms with Crippen LogP contribution in [0.3, 0.4) is 0 Å². The monoisotopic (exact) mass is 479 g/mol. The summed E-state index contributed by atoms with van der Waals surface area (Å²) in [5, 5.41) is 4.01. The first kappa shape index (κ1) is 22.8. The van der Waals surface area contributed by atoms with E-state index < -0.39 is 50.3 Å². The summed E-state index contributed by atoms with van der Waals surface area (Å²) in [6, 6.07) is 4.06. The Hall–Kier alpha value is -2.86. The standard InChI is InChI=1S/C18H14ClF4N3O4S/c1-9(17(27)25-31(2,28)29)26-15-7-12(4-3-10(15)8-24-26)30-16-13(19)5-11(6-14(16)20)18(21,22)23/h3-9H,1-2H3,(H,25,27). The smallest absolute Gasteiger partial charge is 0.416 e. The van der Waals surface area contributed by atoms with Gasteiger partial charge in [-0.15, -0.1) is 0 Å². The molecule has 0 aliphatic heterocycles. The number of nitrogens with zero attached hydrogens (tertiary/aromatic N) is 2. The third-order valence-corrected chi connectivity index (χ3v) is 5.00. The number of halogens is 5. The number of fused-ring (bicyclic) bond motifs is 1. The molecule has 1 amide bonds. The molecule has 3 aromatic rings. The Morgan fingerprint density at radius 1 is 1.26 bits per heavy atom. The van der Waals surface area contributed by atoms with E-state index >= 15 is 0 Å². The van der Waals surface area contributed by atoms with Crippen LogP contribution >= 0.6 is 11.6 Å². The van der Waals surface area contributed by atoms with Gasteiger partial charge in [-0.2, -0.15) is 18.3 Å². The number of nitrogens with one attached hydrogen (secondary N) is 1. The lowest BCUT2D eigenvalue weighted by molar-refractivity contribution is -0.137. The molecule has 7 nitrogen and oxygen atoms in total. The van der Waals surface area contributed by atoms with Crippen molar-refractivity contribution in [3.63, 3.8) is 0 Å². The number of ether oxygens (including phenoxy) is 1. The summed E-state index contributed by atoms with van der Waals surface area (Å²) < 4.78 is 83.6. The Labute approximate surface area is 178 Å². The highest BCUT2D eigenvalue weighted by Crippen LogP contribution is 2.39. The van der Waals surface area contributed by atoms with Gasteiger partial charge in [0.25, 0.3) is 5.91 Å². The zero-order valence-electron chi connectivity index (χ0n) is 15.9. The molecule has 0 saturated heterocycles. The molecule has 2 aromatic carbocycles. The van der Waals surface area contributed by atoms with Crippen molar-refractivity contribution in [3.05, 3.63) is 52.9 Å². The number of hydrogen-bond acceptors (Lipinski definition) is 5. The predicted octanol–water partition coefficient (Wildman–Crippen LogP) is 4.28. The fourth-order valence-corrected chi connectivity index (χ4v) is 3.49. The molecule has 0 saturated carbocycles. The van der Waals surface area contributed by atoms with Gasteiger partial charge in [0.15, 0.2) is 11.6 Å². The first-order valence-electron chi connectivity index (χ1n) is 8.49. The van der Waals surface area contributed by atoms with Crippen LogP contribution in [0.15, 0.2) is 36.5 Å². The molecule has 1 heterocycles. The molecular weight excluding hydrogens is 466 g/mol. The zero-order valence-corrected chi connectivity index (χ0v) is 17.4. The topological polar surface area (TPSA) is 90.3 Å². The van der Waals surface area contributed by atoms with Crippen molar-refractivity contribution in [2.75, 3.05) is 6.26 Å². The van der Waals surface area contributed by atoms with Crippen LogP contribution in [0.5, 0.6) is 11.5 Å². The van der Waals surface area contributed by atoms with E-state index in [0.717, 1.165) is 6.26 Å². The Morgan fingerprint density at radius 2 is 1.94 bits per heavy atom. The largest absolute Gasteiger partial charge is 0.453 e. The van der Waals surface area contributed by atoms with Gasteiger partial charge >= 0.3 is 6.18 Å². The second-order valence-electron chi connectivity index (χ2n) is 6.59. The van der Waals surface area contributed by atoms with E-state index in [1.54, 1.807) is 0 Å². The molecule has 0 aliphatic rings. The highest BCUT2D eigenvalue weighted by atomic mass is 35.5. The minimum absolute atomic E-state index is 0.00512. The molecule has 3 rings (SSSR count). The van der Waals surface area contributed by atoms with Gasteiger partial charge in [-0.25, -0.2) is 12.8 Å². The van der Waals surface area contributed by atoms with Crippen molar-refractivity contribution in [2.45, 2.75) is 19.1 Å². The van der Waals surface area contributed by atoms with E-state index in [-0.39, 0.29) is 11.8 Å². The van der Waals surface area contributed by atoms with Crippen LogP contribution in [-0.2, 0) is 21.0 Å². The summed E-state index contributed by atoms with van der Waals surface area (Å²) in [6.45, 7) is 1.41. The molecule has 0 fully saturated rings. The number of hydrogen-bond donors (Lipinski definition) is 1. The predicted molar refractivity (Wildman–Crippen MR) is 104 cm³/mol. The average molecular weight is 480 g/mol. The summed E-state index contributed by atoms with van der Waals surface area (Å²) in [5.74, 6) is -2.75. The molecule has 166 valence electrons. The highest BCUT2D eigenvalue weighted by molar-refractivity contribution is 7.89. The summed E-state index contributed by atoms with van der Waals surface area (Å²) in [6.07, 6.45) is -2.54. The third kappa shape index (κ3) is 5.07. The van der Waals surface area contributed by atoms with Crippen LogP contribution in [0.4, 0.5) is 17.6 Å². The number of alkyl halides is 3. The van der Waals surface area contributed by atoms with Crippen LogP contribution in [0, 0.1) is 5.82 Å². The van der Waals surface area contributed by atoms with Gasteiger partial charge in [0.1, 0.15) is 11.8 Å². The maximum Gasteiger partial charge on any atom is 0.416 e. The van der Waals surface area contributed by atoms with E-state index in [0.29, 0.717) is 17.0 Å². The third-order valence-electron chi connectivity index (χ3n) is 4.15. The minimum atomic E-state index is -4.78. The molecule has 13 heteroatoms. The zero-order chi connectivity index (χ0) is 23.1. The molecule has 1 N–H and O–H groups in total. The van der Waals surface area contributed by atoms with E-state index in [2.05, 4.69) is 5.10 Å². The number of amides is 1. The molecule has 31 heavy (non-hydrogen) atoms. The Balaban J connectivity index is 1.95. The summed E-state index contributed by atoms with van der Waals surface area (Å²) in [7, 11) is -3.79. The van der Waals surface area contributed by atoms with Crippen LogP contribution in [-0.4, -0.2) is 30.4 Å². The quantitative estimate of drug-likeness (QED) is 0.552. The lowest BCUT2D eigenvalue weighted by Crippen LogP contribution is -2.35. The normalized spacial score (nSPS) is 13.3. The van der Waals surface area contributed by atoms with Gasteiger partial charge in [0.05, 0.1) is 28.6 Å². The minimum Gasteiger partial charge on any atom is -0.453 e. The summed E-state index contributed by atoms with van der Waals surface area (Å²) in [4.78, 5) is 12.1. The molecule has 0 spiro atoms. The molecule has 1 unspecified atom stereocenters. The van der Waals surface area contributed by atoms with E-state index in [9.17, 15) is 30.8 Å². The fraction of sp³-hybridized carbons (Fsp3) is 0.222. The maximum absolute atomic E-state index is 14.2. The van der Waals surface area contributed by atoms with Gasteiger partial charge in [0.2, 0.25) is 10.0 Å². The van der Waals surface area contributed by atoms with Crippen LogP contribution in [0.2, 0.25) is 5.02 Å². The molecule has 0 aliphatic carbocycles. The number of carbonyl (C=O) groups is 1. The second-order valence-corrected chi connectivity index (χ2v) is 8.75. The number of rotatable bonds is 5. The van der Waals surface area contributed by atoms with E-state index in [1.165, 1.54) is 36.0 Å². The highest BCUT2D eigenvalue weighted by Gasteiger charge is 2.32. The van der Waals surface area contributed by atoms with Crippen molar-refractivity contribution in [1.82, 2.24) is 14.5 Å². The Bertz CT molecular complexity index is 1250. The van der Waals surface area contributed by atoms with E-state index in [1.807, 2.05) is 4.72 Å². The second kappa shape index (κ2) is 8.00. The number of sulfonamides is 1. The van der Waals surface area contributed by atoms with Crippen molar-refractivity contribution in [1.29, 1.82) is 0 Å². The van der Waals surface area contributed by atoms with Gasteiger partial charge in [0, 0.05) is 11.5 Å². The number of benzene rings is 2. The lowest BCUT2D eigenvalue weighted by Gasteiger charge is -2.14. The van der Waals surface area contributed by atoms with Gasteiger partial charge in [-0.1, -0.05) is 11.6 Å². The van der Waals surface area contributed by atoms with E-state index in [4.69, 9.17) is 16.3 Å². The Morgan fingerprint density at radius 3 is 2.52 bits per heavy atom. The summed E-state index contributed by atoms with van der Waals surface area (Å²) >= 11 is 5.78. The van der Waals surface area contributed by atoms with Gasteiger partial charge in [-0.3, -0.25) is 14.2 Å². The average Bonchev–Trinajstić information content (AvgIpc) is 3.04.